The minimum Gasteiger partial charge on any atom is -0.309 e. The number of hydrogen-bond acceptors (Lipinski definition) is 2. The maximum Gasteiger partial charge on any atom is 0.0640 e. The topological polar surface area (TPSA) is 8.17 Å². The molecule has 2 nitrogen and oxygen atoms in total. The van der Waals surface area contributed by atoms with Gasteiger partial charge in [-0.05, 0) is 115 Å². The van der Waals surface area contributed by atoms with Crippen LogP contribution in [0.2, 0.25) is 0 Å². The summed E-state index contributed by atoms with van der Waals surface area (Å²) in [4.78, 5) is 2.44. The van der Waals surface area contributed by atoms with Crippen LogP contribution in [-0.2, 0) is 0 Å². The summed E-state index contributed by atoms with van der Waals surface area (Å²) >= 11 is 1.89. The molecule has 0 saturated heterocycles. The summed E-state index contributed by atoms with van der Waals surface area (Å²) < 4.78 is 4.99. The van der Waals surface area contributed by atoms with Crippen LogP contribution < -0.4 is 4.90 Å². The zero-order valence-electron chi connectivity index (χ0n) is 34.2. The highest BCUT2D eigenvalue weighted by Gasteiger charge is 2.20. The van der Waals surface area contributed by atoms with Crippen LogP contribution in [0.1, 0.15) is 0 Å². The first-order valence-corrected chi connectivity index (χ1v) is 22.4. The van der Waals surface area contributed by atoms with Crippen molar-refractivity contribution in [3.8, 4) is 27.9 Å². The molecule has 0 N–H and O–H groups in total. The summed E-state index contributed by atoms with van der Waals surface area (Å²) in [6, 6.07) is 84.7. The number of para-hydroxylation sites is 2. The van der Waals surface area contributed by atoms with Gasteiger partial charge in [-0.1, -0.05) is 170 Å². The largest absolute Gasteiger partial charge is 0.309 e. The molecule has 2 heterocycles. The molecule has 2 aromatic heterocycles. The third-order valence-corrected chi connectivity index (χ3v) is 14.2. The Kier molecular flexibility index (Phi) is 8.12. The van der Waals surface area contributed by atoms with E-state index in [9.17, 15) is 0 Å². The zero-order chi connectivity index (χ0) is 41.4. The average molecular weight is 819 g/mol. The Morgan fingerprint density at radius 1 is 0.302 bits per heavy atom. The molecule has 0 aliphatic carbocycles. The number of anilines is 3. The fourth-order valence-electron chi connectivity index (χ4n) is 9.94. The van der Waals surface area contributed by atoms with E-state index in [0.29, 0.717) is 0 Å². The number of nitrogens with zero attached hydrogens (tertiary/aromatic N) is 2. The molecule has 63 heavy (non-hydrogen) atoms. The lowest BCUT2D eigenvalue weighted by atomic mass is 9.97. The molecule has 0 amide bonds. The van der Waals surface area contributed by atoms with Gasteiger partial charge in [0.2, 0.25) is 0 Å². The van der Waals surface area contributed by atoms with Crippen LogP contribution in [0.25, 0.3) is 102 Å². The highest BCUT2D eigenvalue weighted by Crippen LogP contribution is 2.47. The maximum atomic E-state index is 2.44. The Balaban J connectivity index is 0.928. The van der Waals surface area contributed by atoms with Crippen LogP contribution in [0.15, 0.2) is 231 Å². The Morgan fingerprint density at radius 2 is 0.794 bits per heavy atom. The molecule has 0 aliphatic rings. The van der Waals surface area contributed by atoms with E-state index in [-0.39, 0.29) is 0 Å². The maximum absolute atomic E-state index is 2.44. The molecule has 0 fully saturated rings. The van der Waals surface area contributed by atoms with Gasteiger partial charge >= 0.3 is 0 Å². The van der Waals surface area contributed by atoms with Gasteiger partial charge in [0, 0.05) is 43.3 Å². The Hall–Kier alpha value is -7.98. The summed E-state index contributed by atoms with van der Waals surface area (Å²) in [5, 5.41) is 12.8. The van der Waals surface area contributed by atoms with Gasteiger partial charge in [-0.15, -0.1) is 11.3 Å². The van der Waals surface area contributed by atoms with Crippen LogP contribution in [0, 0.1) is 0 Å². The van der Waals surface area contributed by atoms with Crippen molar-refractivity contribution in [2.75, 3.05) is 4.90 Å². The Morgan fingerprint density at radius 3 is 1.51 bits per heavy atom. The van der Waals surface area contributed by atoms with Gasteiger partial charge in [-0.25, -0.2) is 0 Å². The second kappa shape index (κ2) is 14.3. The van der Waals surface area contributed by atoms with Crippen LogP contribution >= 0.6 is 11.3 Å². The molecule has 0 aliphatic heterocycles. The first-order chi connectivity index (χ1) is 31.2. The van der Waals surface area contributed by atoms with Crippen molar-refractivity contribution in [3.05, 3.63) is 231 Å². The summed E-state index contributed by atoms with van der Waals surface area (Å²) in [7, 11) is 0. The number of aromatic nitrogens is 1. The quantitative estimate of drug-likeness (QED) is 0.152. The molecule has 11 aromatic carbocycles. The van der Waals surface area contributed by atoms with Crippen molar-refractivity contribution in [2.24, 2.45) is 0 Å². The van der Waals surface area contributed by atoms with E-state index in [0.717, 1.165) is 17.1 Å². The van der Waals surface area contributed by atoms with Gasteiger partial charge in [-0.3, -0.25) is 0 Å². The molecular weight excluding hydrogens is 781 g/mol. The van der Waals surface area contributed by atoms with Crippen molar-refractivity contribution in [3.63, 3.8) is 0 Å². The number of hydrogen-bond donors (Lipinski definition) is 0. The summed E-state index contributed by atoms with van der Waals surface area (Å²) in [6.07, 6.45) is 0. The zero-order valence-corrected chi connectivity index (χ0v) is 35.1. The lowest BCUT2D eigenvalue weighted by molar-refractivity contribution is 1.18. The van der Waals surface area contributed by atoms with E-state index in [1.807, 2.05) is 11.3 Å². The minimum atomic E-state index is 1.11. The van der Waals surface area contributed by atoms with Gasteiger partial charge in [0.15, 0.2) is 0 Å². The van der Waals surface area contributed by atoms with E-state index in [1.165, 1.54) is 102 Å². The van der Waals surface area contributed by atoms with Crippen LogP contribution in [0.5, 0.6) is 0 Å². The first-order valence-electron chi connectivity index (χ1n) is 21.6. The lowest BCUT2D eigenvalue weighted by Gasteiger charge is -2.26. The third-order valence-electron chi connectivity index (χ3n) is 13.0. The smallest absolute Gasteiger partial charge is 0.0640 e. The normalized spacial score (nSPS) is 11.8. The number of thiophene rings is 1. The summed E-state index contributed by atoms with van der Waals surface area (Å²) in [5.41, 5.74) is 11.7. The predicted octanol–water partition coefficient (Wildman–Crippen LogP) is 17.4. The van der Waals surface area contributed by atoms with Crippen molar-refractivity contribution in [2.45, 2.75) is 0 Å². The number of fused-ring (bicyclic) bond motifs is 11. The summed E-state index contributed by atoms with van der Waals surface area (Å²) in [5.74, 6) is 0. The second-order valence-corrected chi connectivity index (χ2v) is 17.5. The molecule has 0 atom stereocenters. The van der Waals surface area contributed by atoms with E-state index in [4.69, 9.17) is 0 Å². The predicted molar refractivity (Wildman–Crippen MR) is 272 cm³/mol. The monoisotopic (exact) mass is 818 g/mol. The van der Waals surface area contributed by atoms with E-state index in [1.54, 1.807) is 0 Å². The Bertz CT molecular complexity index is 3860. The molecule has 13 aromatic rings. The first kappa shape index (κ1) is 35.7. The fraction of sp³-hybridized carbons (Fsp3) is 0. The highest BCUT2D eigenvalue weighted by molar-refractivity contribution is 7.27. The molecule has 13 rings (SSSR count). The van der Waals surface area contributed by atoms with Crippen molar-refractivity contribution in [1.82, 2.24) is 4.57 Å². The molecule has 294 valence electrons. The molecule has 0 unspecified atom stereocenters. The van der Waals surface area contributed by atoms with Gasteiger partial charge < -0.3 is 9.47 Å². The van der Waals surface area contributed by atoms with E-state index >= 15 is 0 Å². The van der Waals surface area contributed by atoms with Gasteiger partial charge in [0.05, 0.1) is 21.4 Å². The SMILES string of the molecule is c1cc(-c2ccc(N(c3ccc(-c4ccc5c(ccc6ccccc65)c4)cc3)c3cccc4c3sc3c5ccccc5ccc43)cc2)cc(-n2c3ccccc3c3ccccc32)c1. The van der Waals surface area contributed by atoms with Gasteiger partial charge in [0.1, 0.15) is 0 Å². The molecule has 0 saturated carbocycles. The van der Waals surface area contributed by atoms with Crippen LogP contribution in [-0.4, -0.2) is 4.57 Å². The molecule has 0 radical (unpaired) electrons. The van der Waals surface area contributed by atoms with Gasteiger partial charge in [-0.2, -0.15) is 0 Å². The van der Waals surface area contributed by atoms with E-state index in [2.05, 4.69) is 240 Å². The fourth-order valence-corrected chi connectivity index (χ4v) is 11.3. The number of benzene rings is 11. The minimum absolute atomic E-state index is 1.11. The third kappa shape index (κ3) is 5.78. The second-order valence-electron chi connectivity index (χ2n) is 16.5. The van der Waals surface area contributed by atoms with Crippen LogP contribution in [0.3, 0.4) is 0 Å². The summed E-state index contributed by atoms with van der Waals surface area (Å²) in [6.45, 7) is 0. The molecule has 3 heteroatoms. The lowest BCUT2D eigenvalue weighted by Crippen LogP contribution is -2.10. The molecule has 0 bridgehead atoms. The Labute approximate surface area is 368 Å². The van der Waals surface area contributed by atoms with Crippen molar-refractivity contribution >= 4 is 103 Å². The molecule has 0 spiro atoms. The highest BCUT2D eigenvalue weighted by atomic mass is 32.1. The van der Waals surface area contributed by atoms with Crippen LogP contribution in [0.4, 0.5) is 17.1 Å². The molecular formula is C60H38N2S. The van der Waals surface area contributed by atoms with Crippen molar-refractivity contribution < 1.29 is 0 Å². The van der Waals surface area contributed by atoms with E-state index < -0.39 is 0 Å². The average Bonchev–Trinajstić information content (AvgIpc) is 3.91. The standard InChI is InChI=1S/C60H38N2S/c1-3-15-49-41(11-1)23-24-45-37-44(30-35-50(45)49)40-27-33-47(34-28-40)61(58-22-10-19-54-55-36-29-42-12-2-4-16-51(42)59(55)63-60(54)58)46-31-25-39(26-32-46)43-13-9-14-48(38-43)62-56-20-7-5-17-52(56)53-18-6-8-21-57(53)62/h1-38H. The van der Waals surface area contributed by atoms with Crippen molar-refractivity contribution in [1.29, 1.82) is 0 Å². The number of rotatable bonds is 6. The van der Waals surface area contributed by atoms with Gasteiger partial charge in [0.25, 0.3) is 0 Å².